The normalized spacial score (nSPS) is 13.9. The first kappa shape index (κ1) is 29.0. The third-order valence-corrected chi connectivity index (χ3v) is 7.49. The predicted octanol–water partition coefficient (Wildman–Crippen LogP) is 10.4. The molecular weight excluding hydrogens is 534 g/mol. The van der Waals surface area contributed by atoms with E-state index in [4.69, 9.17) is 21.6 Å². The van der Waals surface area contributed by atoms with Gasteiger partial charge in [-0.2, -0.15) is 0 Å². The van der Waals surface area contributed by atoms with Crippen LogP contribution in [0.2, 0.25) is 5.02 Å². The van der Waals surface area contributed by atoms with Gasteiger partial charge >= 0.3 is 0 Å². The van der Waals surface area contributed by atoms with Crippen LogP contribution in [-0.4, -0.2) is 19.1 Å². The van der Waals surface area contributed by atoms with Crippen molar-refractivity contribution < 1.29 is 0 Å². The third-order valence-electron chi connectivity index (χ3n) is 7.27. The van der Waals surface area contributed by atoms with E-state index in [9.17, 15) is 0 Å². The van der Waals surface area contributed by atoms with Gasteiger partial charge in [0.25, 0.3) is 0 Å². The number of nitrogens with zero attached hydrogens (tertiary/aromatic N) is 2. The molecule has 0 saturated carbocycles. The number of para-hydroxylation sites is 1. The number of nitrogens with one attached hydrogen (secondary N) is 1. The van der Waals surface area contributed by atoms with Crippen LogP contribution in [0.15, 0.2) is 131 Å². The van der Waals surface area contributed by atoms with Crippen molar-refractivity contribution in [3.05, 3.63) is 143 Å². The van der Waals surface area contributed by atoms with Gasteiger partial charge in [-0.1, -0.05) is 103 Å². The van der Waals surface area contributed by atoms with Crippen LogP contribution in [0.4, 0.5) is 5.69 Å². The largest absolute Gasteiger partial charge is 0.388 e. The van der Waals surface area contributed by atoms with Crippen LogP contribution in [-0.2, 0) is 6.54 Å². The number of hydrogen-bond acceptors (Lipinski definition) is 2. The maximum atomic E-state index is 6.68. The van der Waals surface area contributed by atoms with Crippen LogP contribution in [0.3, 0.4) is 0 Å². The number of allylic oxidation sites excluding steroid dienone is 4. The SMILES string of the molecule is C/C=C\c1ccc(-c2cc(Cl)cc(C=NC(=NCc3ccccc3)C3=CC=CCCC3)c2)cc1-c1ccccc1NC. The summed E-state index contributed by atoms with van der Waals surface area (Å²) in [6, 6.07) is 31.4. The molecule has 0 radical (unpaired) electrons. The molecule has 4 aromatic carbocycles. The molecule has 1 N–H and O–H groups in total. The lowest BCUT2D eigenvalue weighted by Gasteiger charge is -2.14. The predicted molar refractivity (Wildman–Crippen MR) is 183 cm³/mol. The highest BCUT2D eigenvalue weighted by atomic mass is 35.5. The fourth-order valence-electron chi connectivity index (χ4n) is 5.15. The highest BCUT2D eigenvalue weighted by Crippen LogP contribution is 2.35. The molecule has 0 fully saturated rings. The zero-order valence-electron chi connectivity index (χ0n) is 24.2. The summed E-state index contributed by atoms with van der Waals surface area (Å²) in [5.74, 6) is 0.772. The molecule has 0 heterocycles. The smallest absolute Gasteiger partial charge is 0.150 e. The van der Waals surface area contributed by atoms with Gasteiger partial charge in [0, 0.05) is 29.5 Å². The highest BCUT2D eigenvalue weighted by molar-refractivity contribution is 6.31. The Morgan fingerprint density at radius 1 is 0.905 bits per heavy atom. The van der Waals surface area contributed by atoms with Crippen LogP contribution in [0.1, 0.15) is 42.9 Å². The van der Waals surface area contributed by atoms with Crippen molar-refractivity contribution in [3.63, 3.8) is 0 Å². The van der Waals surface area contributed by atoms with Gasteiger partial charge in [0.05, 0.1) is 6.54 Å². The van der Waals surface area contributed by atoms with Crippen LogP contribution in [0, 0.1) is 0 Å². The van der Waals surface area contributed by atoms with Gasteiger partial charge < -0.3 is 5.32 Å². The van der Waals surface area contributed by atoms with Crippen molar-refractivity contribution in [2.45, 2.75) is 32.7 Å². The van der Waals surface area contributed by atoms with E-state index < -0.39 is 0 Å². The van der Waals surface area contributed by atoms with E-state index in [0.29, 0.717) is 11.6 Å². The standard InChI is InChI=1S/C38H36ClN3/c1-3-13-30-20-21-32(25-36(30)35-18-11-12-19-37(35)40-2)33-22-29(23-34(39)24-33)27-42-38(31-16-9-4-5-10-17-31)41-26-28-14-7-6-8-15-28/h3-4,6-9,11-16,18-25,27,40H,5,10,17,26H2,1-2H3/b13-3-,41-38?,42-27?. The molecule has 3 nitrogen and oxygen atoms in total. The van der Waals surface area contributed by atoms with Gasteiger partial charge in [0.15, 0.2) is 5.84 Å². The fourth-order valence-corrected chi connectivity index (χ4v) is 5.40. The summed E-state index contributed by atoms with van der Waals surface area (Å²) in [5.41, 5.74) is 9.96. The minimum Gasteiger partial charge on any atom is -0.388 e. The van der Waals surface area contributed by atoms with Crippen molar-refractivity contribution in [1.82, 2.24) is 0 Å². The molecule has 4 heteroatoms. The average Bonchev–Trinajstić information content (AvgIpc) is 3.31. The first-order valence-corrected chi connectivity index (χ1v) is 14.9. The molecule has 0 bridgehead atoms. The monoisotopic (exact) mass is 569 g/mol. The zero-order valence-corrected chi connectivity index (χ0v) is 25.0. The van der Waals surface area contributed by atoms with Crippen molar-refractivity contribution in [1.29, 1.82) is 0 Å². The Balaban J connectivity index is 1.51. The van der Waals surface area contributed by atoms with E-state index in [1.807, 2.05) is 50.5 Å². The molecule has 42 heavy (non-hydrogen) atoms. The second-order valence-corrected chi connectivity index (χ2v) is 10.7. The summed E-state index contributed by atoms with van der Waals surface area (Å²) < 4.78 is 0. The number of benzene rings is 4. The van der Waals surface area contributed by atoms with Gasteiger partial charge in [-0.3, -0.25) is 4.99 Å². The molecule has 1 aliphatic carbocycles. The highest BCUT2D eigenvalue weighted by Gasteiger charge is 2.12. The Hall–Kier alpha value is -4.47. The van der Waals surface area contributed by atoms with Gasteiger partial charge in [-0.15, -0.1) is 0 Å². The maximum absolute atomic E-state index is 6.68. The van der Waals surface area contributed by atoms with Crippen LogP contribution >= 0.6 is 11.6 Å². The van der Waals surface area contributed by atoms with E-state index in [0.717, 1.165) is 75.3 Å². The number of rotatable bonds is 8. The summed E-state index contributed by atoms with van der Waals surface area (Å²) in [6.45, 7) is 2.63. The Bertz CT molecular complexity index is 1680. The Labute approximate surface area is 254 Å². The maximum Gasteiger partial charge on any atom is 0.150 e. The quantitative estimate of drug-likeness (QED) is 0.166. The van der Waals surface area contributed by atoms with Crippen molar-refractivity contribution >= 4 is 35.4 Å². The molecule has 5 rings (SSSR count). The molecular formula is C38H36ClN3. The summed E-state index contributed by atoms with van der Waals surface area (Å²) in [7, 11) is 1.96. The first-order chi connectivity index (χ1) is 20.6. The van der Waals surface area contributed by atoms with E-state index in [1.165, 1.54) is 0 Å². The van der Waals surface area contributed by atoms with E-state index in [2.05, 4.69) is 96.4 Å². The van der Waals surface area contributed by atoms with Crippen LogP contribution < -0.4 is 5.32 Å². The average molecular weight is 570 g/mol. The fraction of sp³-hybridized carbons (Fsp3) is 0.158. The molecule has 0 aliphatic heterocycles. The summed E-state index contributed by atoms with van der Waals surface area (Å²) in [4.78, 5) is 9.86. The topological polar surface area (TPSA) is 36.8 Å². The lowest BCUT2D eigenvalue weighted by Crippen LogP contribution is -2.02. The van der Waals surface area contributed by atoms with E-state index in [1.54, 1.807) is 0 Å². The molecule has 0 atom stereocenters. The number of amidine groups is 1. The minimum atomic E-state index is 0.588. The molecule has 210 valence electrons. The molecule has 0 amide bonds. The molecule has 0 aromatic heterocycles. The molecule has 1 aliphatic rings. The number of hydrogen-bond donors (Lipinski definition) is 1. The second-order valence-electron chi connectivity index (χ2n) is 10.3. The summed E-state index contributed by atoms with van der Waals surface area (Å²) in [6.07, 6.45) is 15.7. The summed E-state index contributed by atoms with van der Waals surface area (Å²) in [5, 5.41) is 4.01. The zero-order chi connectivity index (χ0) is 29.1. The van der Waals surface area contributed by atoms with Crippen LogP contribution in [0.5, 0.6) is 0 Å². The van der Waals surface area contributed by atoms with Gasteiger partial charge in [-0.25, -0.2) is 4.99 Å². The van der Waals surface area contributed by atoms with Crippen molar-refractivity contribution in [3.8, 4) is 22.3 Å². The molecule has 0 spiro atoms. The molecule has 0 saturated heterocycles. The summed E-state index contributed by atoms with van der Waals surface area (Å²) >= 11 is 6.68. The lowest BCUT2D eigenvalue weighted by molar-refractivity contribution is 0.857. The van der Waals surface area contributed by atoms with Gasteiger partial charge in [0.2, 0.25) is 0 Å². The Morgan fingerprint density at radius 3 is 2.57 bits per heavy atom. The lowest BCUT2D eigenvalue weighted by atomic mass is 9.93. The Kier molecular flexibility index (Phi) is 9.98. The molecule has 4 aromatic rings. The molecule has 0 unspecified atom stereocenters. The van der Waals surface area contributed by atoms with Crippen molar-refractivity contribution in [2.24, 2.45) is 9.98 Å². The first-order valence-electron chi connectivity index (χ1n) is 14.5. The minimum absolute atomic E-state index is 0.588. The van der Waals surface area contributed by atoms with Crippen LogP contribution in [0.25, 0.3) is 28.3 Å². The van der Waals surface area contributed by atoms with Gasteiger partial charge in [-0.05, 0) is 95.5 Å². The number of aliphatic imine (C=N–C) groups is 2. The van der Waals surface area contributed by atoms with Gasteiger partial charge in [0.1, 0.15) is 0 Å². The van der Waals surface area contributed by atoms with Crippen molar-refractivity contribution in [2.75, 3.05) is 12.4 Å². The van der Waals surface area contributed by atoms with E-state index in [-0.39, 0.29) is 0 Å². The number of halogens is 1. The number of anilines is 1. The second kappa shape index (κ2) is 14.4. The van der Waals surface area contributed by atoms with E-state index >= 15 is 0 Å². The Morgan fingerprint density at radius 2 is 1.74 bits per heavy atom. The third kappa shape index (κ3) is 7.43.